The number of hydrogen-bond donors (Lipinski definition) is 4. The van der Waals surface area contributed by atoms with Crippen LogP contribution in [0.3, 0.4) is 0 Å². The van der Waals surface area contributed by atoms with Crippen molar-refractivity contribution in [1.29, 1.82) is 0 Å². The van der Waals surface area contributed by atoms with Crippen LogP contribution in [0, 0.1) is 0 Å². The maximum absolute atomic E-state index is 10.0. The zero-order valence-corrected chi connectivity index (χ0v) is 13.9. The normalized spacial score (nSPS) is 12.4. The van der Waals surface area contributed by atoms with Gasteiger partial charge in [-0.1, -0.05) is 12.8 Å². The molecule has 0 spiro atoms. The van der Waals surface area contributed by atoms with Crippen LogP contribution in [0.15, 0.2) is 0 Å². The standard InChI is InChI=1S/2C6H14N2O2.Se/c2*7-4-2-1-3-5(8)6(9)10;/h2*5H,1-4,7-8H2,(H,9,10);/q;;+2/p-2/t2*5-;/m00./s1. The predicted octanol–water partition coefficient (Wildman–Crippen LogP) is -4.00. The van der Waals surface area contributed by atoms with E-state index in [1.165, 1.54) is 0 Å². The minimum atomic E-state index is -1.18. The molecule has 0 aromatic carbocycles. The maximum Gasteiger partial charge on any atom is 2.00 e. The van der Waals surface area contributed by atoms with Gasteiger partial charge in [-0.3, -0.25) is 0 Å². The summed E-state index contributed by atoms with van der Waals surface area (Å²) in [5, 5.41) is 20.1. The van der Waals surface area contributed by atoms with Crippen LogP contribution in [0.4, 0.5) is 0 Å². The Morgan fingerprint density at radius 1 is 0.762 bits per heavy atom. The smallest absolute Gasteiger partial charge is 0.548 e. The first-order valence-corrected chi connectivity index (χ1v) is 6.69. The molecule has 2 atom stereocenters. The molecule has 0 amide bonds. The quantitative estimate of drug-likeness (QED) is 0.222. The maximum atomic E-state index is 10.0. The van der Waals surface area contributed by atoms with Gasteiger partial charge < -0.3 is 42.7 Å². The van der Waals surface area contributed by atoms with Gasteiger partial charge >= 0.3 is 17.1 Å². The zero-order valence-electron chi connectivity index (χ0n) is 12.2. The molecule has 0 aromatic heterocycles. The first-order valence-electron chi connectivity index (χ1n) is 6.69. The van der Waals surface area contributed by atoms with Crippen LogP contribution in [0.5, 0.6) is 0 Å². The van der Waals surface area contributed by atoms with Crippen molar-refractivity contribution in [3.8, 4) is 0 Å². The number of carboxylic acid groups (broad SMARTS) is 2. The van der Waals surface area contributed by atoms with Gasteiger partial charge in [0.15, 0.2) is 0 Å². The number of rotatable bonds is 10. The van der Waals surface area contributed by atoms with E-state index in [1.54, 1.807) is 0 Å². The summed E-state index contributed by atoms with van der Waals surface area (Å²) < 4.78 is 0. The molecule has 0 heterocycles. The van der Waals surface area contributed by atoms with E-state index in [2.05, 4.69) is 0 Å². The zero-order chi connectivity index (χ0) is 16.0. The Kier molecular flexibility index (Phi) is 20.9. The summed E-state index contributed by atoms with van der Waals surface area (Å²) >= 11 is 0. The summed E-state index contributed by atoms with van der Waals surface area (Å²) in [6.45, 7) is 1.17. The average Bonchev–Trinajstić information content (AvgIpc) is 2.39. The number of carboxylic acids is 2. The van der Waals surface area contributed by atoms with E-state index in [0.29, 0.717) is 25.9 Å². The predicted molar refractivity (Wildman–Crippen MR) is 77.5 cm³/mol. The molecule has 4 radical (unpaired) electrons. The molecular weight excluding hydrogens is 343 g/mol. The van der Waals surface area contributed by atoms with Crippen molar-refractivity contribution < 1.29 is 19.8 Å². The second-order valence-electron chi connectivity index (χ2n) is 4.42. The molecule has 8 nitrogen and oxygen atoms in total. The molecule has 0 saturated heterocycles. The Morgan fingerprint density at radius 3 is 1.24 bits per heavy atom. The molecule has 0 aliphatic rings. The number of carbonyl (C=O) groups excluding carboxylic acids is 2. The number of unbranched alkanes of at least 4 members (excludes halogenated alkanes) is 2. The van der Waals surface area contributed by atoms with E-state index in [1.807, 2.05) is 0 Å². The Labute approximate surface area is 136 Å². The second-order valence-corrected chi connectivity index (χ2v) is 4.42. The molecule has 0 aliphatic heterocycles. The molecule has 0 fully saturated rings. The summed E-state index contributed by atoms with van der Waals surface area (Å²) in [5.41, 5.74) is 20.7. The fraction of sp³-hybridized carbons (Fsp3) is 0.833. The van der Waals surface area contributed by atoms with Gasteiger partial charge in [0.25, 0.3) is 0 Å². The number of nitrogens with two attached hydrogens (primary N) is 4. The van der Waals surface area contributed by atoms with Gasteiger partial charge in [0.2, 0.25) is 0 Å². The summed E-state index contributed by atoms with van der Waals surface area (Å²) in [6.07, 6.45) is 4.07. The van der Waals surface area contributed by atoms with Crippen LogP contribution >= 0.6 is 0 Å². The third-order valence-corrected chi connectivity index (χ3v) is 2.54. The molecule has 21 heavy (non-hydrogen) atoms. The molecule has 0 unspecified atom stereocenters. The SMILES string of the molecule is NCCCC[C@H](N)C(=O)[O-].NCCCC[C@H](N)C(=O)[O-].[Se+2]. The van der Waals surface area contributed by atoms with Crippen LogP contribution in [0.1, 0.15) is 38.5 Å². The molecule has 9 heteroatoms. The summed E-state index contributed by atoms with van der Waals surface area (Å²) in [7, 11) is 0. The molecule has 124 valence electrons. The summed E-state index contributed by atoms with van der Waals surface area (Å²) in [6, 6.07) is -1.65. The van der Waals surface area contributed by atoms with Gasteiger partial charge in [0, 0.05) is 12.1 Å². The fourth-order valence-corrected chi connectivity index (χ4v) is 1.25. The van der Waals surface area contributed by atoms with E-state index >= 15 is 0 Å². The van der Waals surface area contributed by atoms with Crippen molar-refractivity contribution in [2.24, 2.45) is 22.9 Å². The van der Waals surface area contributed by atoms with Crippen molar-refractivity contribution in [1.82, 2.24) is 0 Å². The first-order chi connectivity index (χ1) is 9.36. The van der Waals surface area contributed by atoms with Crippen molar-refractivity contribution in [2.45, 2.75) is 50.6 Å². The molecule has 0 saturated carbocycles. The molecule has 0 bridgehead atoms. The minimum Gasteiger partial charge on any atom is -0.548 e. The van der Waals surface area contributed by atoms with E-state index in [0.717, 1.165) is 25.7 Å². The minimum absolute atomic E-state index is 0. The molecule has 0 rings (SSSR count). The molecule has 0 aliphatic carbocycles. The van der Waals surface area contributed by atoms with Crippen molar-refractivity contribution in [3.05, 3.63) is 0 Å². The monoisotopic (exact) mass is 370 g/mol. The van der Waals surface area contributed by atoms with Crippen molar-refractivity contribution in [2.75, 3.05) is 13.1 Å². The molecule has 0 aromatic rings. The third kappa shape index (κ3) is 19.3. The number of aliphatic carboxylic acids is 2. The number of hydrogen-bond acceptors (Lipinski definition) is 8. The summed E-state index contributed by atoms with van der Waals surface area (Å²) in [5.74, 6) is -2.37. The largest absolute Gasteiger partial charge is 2.00 e. The second kappa shape index (κ2) is 17.4. The van der Waals surface area contributed by atoms with Crippen molar-refractivity contribution >= 4 is 29.0 Å². The van der Waals surface area contributed by atoms with Crippen LogP contribution in [-0.4, -0.2) is 54.2 Å². The fourth-order valence-electron chi connectivity index (χ4n) is 1.25. The van der Waals surface area contributed by atoms with Crippen LogP contribution in [0.25, 0.3) is 0 Å². The topological polar surface area (TPSA) is 184 Å². The van der Waals surface area contributed by atoms with E-state index in [4.69, 9.17) is 22.9 Å². The average molecular weight is 369 g/mol. The van der Waals surface area contributed by atoms with E-state index in [-0.39, 0.29) is 17.1 Å². The van der Waals surface area contributed by atoms with Gasteiger partial charge in [-0.15, -0.1) is 0 Å². The Morgan fingerprint density at radius 2 is 1.05 bits per heavy atom. The van der Waals surface area contributed by atoms with Crippen LogP contribution in [0.2, 0.25) is 0 Å². The molecular formula is C12H26N4O4Se. The van der Waals surface area contributed by atoms with Gasteiger partial charge in [-0.05, 0) is 38.8 Å². The van der Waals surface area contributed by atoms with Gasteiger partial charge in [-0.2, -0.15) is 0 Å². The van der Waals surface area contributed by atoms with Crippen LogP contribution < -0.4 is 33.1 Å². The van der Waals surface area contributed by atoms with Gasteiger partial charge in [0.05, 0.1) is 11.9 Å². The van der Waals surface area contributed by atoms with E-state index < -0.39 is 24.0 Å². The summed E-state index contributed by atoms with van der Waals surface area (Å²) in [4.78, 5) is 20.1. The number of carbonyl (C=O) groups is 2. The first kappa shape index (κ1) is 25.3. The third-order valence-electron chi connectivity index (χ3n) is 2.54. The Balaban J connectivity index is -0.000000295. The molecule has 8 N–H and O–H groups in total. The Hall–Kier alpha value is -0.701. The van der Waals surface area contributed by atoms with Gasteiger partial charge in [0.1, 0.15) is 0 Å². The van der Waals surface area contributed by atoms with Crippen LogP contribution in [-0.2, 0) is 9.59 Å². The Bertz CT molecular complexity index is 244. The van der Waals surface area contributed by atoms with Gasteiger partial charge in [-0.25, -0.2) is 0 Å². The van der Waals surface area contributed by atoms with E-state index in [9.17, 15) is 19.8 Å². The van der Waals surface area contributed by atoms with Crippen molar-refractivity contribution in [3.63, 3.8) is 0 Å².